The fraction of sp³-hybridized carbons (Fsp3) is 0.316. The van der Waals surface area contributed by atoms with Crippen LogP contribution < -0.4 is 15.0 Å². The molecule has 124 valence electrons. The molecule has 0 spiro atoms. The fourth-order valence-corrected chi connectivity index (χ4v) is 2.75. The van der Waals surface area contributed by atoms with E-state index >= 15 is 0 Å². The third-order valence-electron chi connectivity index (χ3n) is 4.12. The highest BCUT2D eigenvalue weighted by Gasteiger charge is 2.30. The van der Waals surface area contributed by atoms with Crippen molar-refractivity contribution in [2.75, 3.05) is 32.1 Å². The van der Waals surface area contributed by atoms with Crippen molar-refractivity contribution >= 4 is 5.69 Å². The van der Waals surface area contributed by atoms with Crippen molar-refractivity contribution in [3.05, 3.63) is 59.7 Å². The molecule has 0 radical (unpaired) electrons. The molecule has 0 amide bonds. The van der Waals surface area contributed by atoms with Gasteiger partial charge in [-0.2, -0.15) is 5.26 Å². The van der Waals surface area contributed by atoms with E-state index in [1.807, 2.05) is 32.3 Å². The molecule has 0 aromatic heterocycles. The first kappa shape index (κ1) is 16.3. The van der Waals surface area contributed by atoms with Gasteiger partial charge in [0.15, 0.2) is 0 Å². The Hall–Kier alpha value is -2.55. The Balaban J connectivity index is 1.56. The van der Waals surface area contributed by atoms with Gasteiger partial charge in [0.05, 0.1) is 5.56 Å². The van der Waals surface area contributed by atoms with Crippen LogP contribution in [0.4, 0.5) is 5.69 Å². The first-order chi connectivity index (χ1) is 11.7. The molecule has 1 fully saturated rings. The molecule has 0 saturated carbocycles. The van der Waals surface area contributed by atoms with E-state index < -0.39 is 0 Å². The summed E-state index contributed by atoms with van der Waals surface area (Å²) in [5.41, 5.74) is 2.88. The van der Waals surface area contributed by atoms with Gasteiger partial charge in [0.1, 0.15) is 31.1 Å². The molecule has 2 N–H and O–H groups in total. The Morgan fingerprint density at radius 2 is 1.96 bits per heavy atom. The van der Waals surface area contributed by atoms with Gasteiger partial charge in [0.25, 0.3) is 0 Å². The zero-order valence-electron chi connectivity index (χ0n) is 14.0. The lowest BCUT2D eigenvalue weighted by Crippen LogP contribution is -2.82. The van der Waals surface area contributed by atoms with Gasteiger partial charge in [-0.1, -0.05) is 12.1 Å². The molecule has 1 aliphatic heterocycles. The predicted molar refractivity (Wildman–Crippen MR) is 91.8 cm³/mol. The van der Waals surface area contributed by atoms with Crippen LogP contribution >= 0.6 is 0 Å². The first-order valence-electron chi connectivity index (χ1n) is 8.05. The van der Waals surface area contributed by atoms with E-state index in [0.29, 0.717) is 17.9 Å². The summed E-state index contributed by atoms with van der Waals surface area (Å²) in [4.78, 5) is 2.08. The van der Waals surface area contributed by atoms with E-state index in [2.05, 4.69) is 40.6 Å². The third kappa shape index (κ3) is 3.67. The van der Waals surface area contributed by atoms with Crippen LogP contribution in [0.25, 0.3) is 0 Å². The average molecular weight is 324 g/mol. The molecular weight excluding hydrogens is 302 g/mol. The van der Waals surface area contributed by atoms with Gasteiger partial charge in [-0.3, -0.25) is 0 Å². The minimum absolute atomic E-state index is 0.000947. The summed E-state index contributed by atoms with van der Waals surface area (Å²) in [5, 5.41) is 11.3. The third-order valence-corrected chi connectivity index (χ3v) is 4.12. The van der Waals surface area contributed by atoms with Crippen molar-refractivity contribution in [2.45, 2.75) is 12.3 Å². The summed E-state index contributed by atoms with van der Waals surface area (Å²) < 4.78 is 11.8. The number of benzene rings is 2. The molecule has 2 aromatic rings. The maximum Gasteiger partial charge on any atom is 0.217 e. The molecule has 0 unspecified atom stereocenters. The molecule has 0 bridgehead atoms. The SMILES string of the molecule is CN(C)c1ccc([C@@H]2[NH2+]C[C@H](COc3ccccc3C#N)O2)cc1. The van der Waals surface area contributed by atoms with Gasteiger partial charge in [-0.05, 0) is 36.4 Å². The van der Waals surface area contributed by atoms with Gasteiger partial charge in [-0.25, -0.2) is 0 Å². The van der Waals surface area contributed by atoms with Crippen molar-refractivity contribution < 1.29 is 14.8 Å². The van der Waals surface area contributed by atoms with Gasteiger partial charge >= 0.3 is 0 Å². The molecule has 24 heavy (non-hydrogen) atoms. The Kier molecular flexibility index (Phi) is 4.99. The fourth-order valence-electron chi connectivity index (χ4n) is 2.75. The largest absolute Gasteiger partial charge is 0.489 e. The highest BCUT2D eigenvalue weighted by molar-refractivity contribution is 5.46. The Morgan fingerprint density at radius 1 is 1.21 bits per heavy atom. The summed E-state index contributed by atoms with van der Waals surface area (Å²) in [6, 6.07) is 17.8. The lowest BCUT2D eigenvalue weighted by atomic mass is 10.2. The van der Waals surface area contributed by atoms with Crippen LogP contribution in [0.1, 0.15) is 17.4 Å². The molecule has 3 rings (SSSR count). The van der Waals surface area contributed by atoms with Crippen LogP contribution in [-0.4, -0.2) is 33.4 Å². The Bertz CT molecular complexity index is 722. The summed E-state index contributed by atoms with van der Waals surface area (Å²) in [6.45, 7) is 1.29. The molecule has 2 atom stereocenters. The second kappa shape index (κ2) is 7.35. The number of para-hydroxylation sites is 1. The number of nitrogens with zero attached hydrogens (tertiary/aromatic N) is 2. The van der Waals surface area contributed by atoms with Crippen LogP contribution in [0, 0.1) is 11.3 Å². The quantitative estimate of drug-likeness (QED) is 0.909. The summed E-state index contributed by atoms with van der Waals surface area (Å²) in [7, 11) is 4.05. The minimum Gasteiger partial charge on any atom is -0.489 e. The highest BCUT2D eigenvalue weighted by atomic mass is 16.6. The number of nitrogens with two attached hydrogens (primary N) is 1. The van der Waals surface area contributed by atoms with Gasteiger partial charge in [0, 0.05) is 25.3 Å². The topological polar surface area (TPSA) is 62.1 Å². The van der Waals surface area contributed by atoms with Crippen molar-refractivity contribution in [1.29, 1.82) is 5.26 Å². The molecule has 1 saturated heterocycles. The molecule has 5 heteroatoms. The Morgan fingerprint density at radius 3 is 2.67 bits per heavy atom. The van der Waals surface area contributed by atoms with Gasteiger partial charge in [-0.15, -0.1) is 0 Å². The highest BCUT2D eigenvalue weighted by Crippen LogP contribution is 2.21. The number of ether oxygens (including phenoxy) is 2. The summed E-state index contributed by atoms with van der Waals surface area (Å²) in [5.74, 6) is 0.613. The zero-order chi connectivity index (χ0) is 16.9. The lowest BCUT2D eigenvalue weighted by Gasteiger charge is -2.14. The van der Waals surface area contributed by atoms with E-state index in [1.54, 1.807) is 6.07 Å². The summed E-state index contributed by atoms with van der Waals surface area (Å²) >= 11 is 0. The average Bonchev–Trinajstić information content (AvgIpc) is 3.09. The molecular formula is C19H22N3O2+. The first-order valence-corrected chi connectivity index (χ1v) is 8.05. The van der Waals surface area contributed by atoms with Crippen molar-refractivity contribution in [3.8, 4) is 11.8 Å². The van der Waals surface area contributed by atoms with Crippen LogP contribution in [-0.2, 0) is 4.74 Å². The van der Waals surface area contributed by atoms with Crippen LogP contribution in [0.15, 0.2) is 48.5 Å². The maximum absolute atomic E-state index is 9.09. The molecule has 5 nitrogen and oxygen atoms in total. The minimum atomic E-state index is 0.000947. The number of hydrogen-bond acceptors (Lipinski definition) is 4. The van der Waals surface area contributed by atoms with Crippen molar-refractivity contribution in [3.63, 3.8) is 0 Å². The normalized spacial score (nSPS) is 19.7. The zero-order valence-corrected chi connectivity index (χ0v) is 14.0. The number of hydrogen-bond donors (Lipinski definition) is 1. The molecule has 0 aliphatic carbocycles. The van der Waals surface area contributed by atoms with E-state index in [1.165, 1.54) is 5.69 Å². The van der Waals surface area contributed by atoms with E-state index in [0.717, 1.165) is 12.1 Å². The standard InChI is InChI=1S/C19H21N3O2/c1-22(2)16-9-7-14(8-10-16)19-21-12-17(24-19)13-23-18-6-4-3-5-15(18)11-20/h3-10,17,19,21H,12-13H2,1-2H3/p+1/t17-,19-/m1/s1. The van der Waals surface area contributed by atoms with Crippen molar-refractivity contribution in [1.82, 2.24) is 0 Å². The van der Waals surface area contributed by atoms with Crippen LogP contribution in [0.2, 0.25) is 0 Å². The summed E-state index contributed by atoms with van der Waals surface area (Å²) in [6.07, 6.45) is 0.0105. The predicted octanol–water partition coefficient (Wildman–Crippen LogP) is 1.66. The molecule has 2 aromatic carbocycles. The number of anilines is 1. The van der Waals surface area contributed by atoms with Crippen LogP contribution in [0.5, 0.6) is 5.75 Å². The Labute approximate surface area is 142 Å². The van der Waals surface area contributed by atoms with E-state index in [4.69, 9.17) is 14.7 Å². The second-order valence-corrected chi connectivity index (χ2v) is 6.06. The smallest absolute Gasteiger partial charge is 0.217 e. The van der Waals surface area contributed by atoms with Gasteiger partial charge in [0.2, 0.25) is 6.23 Å². The maximum atomic E-state index is 9.09. The van der Waals surface area contributed by atoms with E-state index in [-0.39, 0.29) is 12.3 Å². The second-order valence-electron chi connectivity index (χ2n) is 6.06. The van der Waals surface area contributed by atoms with Crippen LogP contribution in [0.3, 0.4) is 0 Å². The monoisotopic (exact) mass is 324 g/mol. The van der Waals surface area contributed by atoms with Crippen molar-refractivity contribution in [2.24, 2.45) is 0 Å². The van der Waals surface area contributed by atoms with Gasteiger partial charge < -0.3 is 19.7 Å². The molecule has 1 aliphatic rings. The number of rotatable bonds is 5. The van der Waals surface area contributed by atoms with E-state index in [9.17, 15) is 0 Å². The number of nitriles is 1. The lowest BCUT2D eigenvalue weighted by molar-refractivity contribution is -0.697. The molecule has 1 heterocycles. The number of quaternary nitrogens is 1.